The zero-order chi connectivity index (χ0) is 19.0. The van der Waals surface area contributed by atoms with Gasteiger partial charge in [-0.25, -0.2) is 0 Å². The topological polar surface area (TPSA) is 35.6 Å². The lowest BCUT2D eigenvalue weighted by atomic mass is 9.49. The Morgan fingerprint density at radius 2 is 1.52 bits per heavy atom. The van der Waals surface area contributed by atoms with E-state index in [0.717, 1.165) is 50.5 Å². The van der Waals surface area contributed by atoms with E-state index in [1.165, 1.54) is 50.6 Å². The van der Waals surface area contributed by atoms with E-state index in [2.05, 4.69) is 45.4 Å². The summed E-state index contributed by atoms with van der Waals surface area (Å²) in [7, 11) is 0. The standard InChI is InChI=1S/C24H35N3O.ClH/c28-23(18-26-8-10-27(11-9-26)22-4-2-1-3-5-22)25-7-6-24-15-19-12-20(16-24)14-21(13-19)17-24;/h1-5,19-21H,6-18H2,(H,25,28);1H. The monoisotopic (exact) mass is 417 g/mol. The van der Waals surface area contributed by atoms with Gasteiger partial charge in [-0.1, -0.05) is 18.2 Å². The van der Waals surface area contributed by atoms with Crippen molar-refractivity contribution in [2.75, 3.05) is 44.2 Å². The Kier molecular flexibility index (Phi) is 6.41. The first-order valence-electron chi connectivity index (χ1n) is 11.5. The summed E-state index contributed by atoms with van der Waals surface area (Å²) in [5, 5.41) is 3.25. The predicted molar refractivity (Wildman–Crippen MR) is 121 cm³/mol. The molecule has 6 rings (SSSR count). The third-order valence-corrected chi connectivity index (χ3v) is 8.00. The number of benzene rings is 1. The van der Waals surface area contributed by atoms with Crippen molar-refractivity contribution < 1.29 is 4.79 Å². The zero-order valence-corrected chi connectivity index (χ0v) is 18.3. The van der Waals surface area contributed by atoms with Crippen LogP contribution >= 0.6 is 12.4 Å². The molecule has 5 fully saturated rings. The minimum atomic E-state index is 0. The van der Waals surface area contributed by atoms with Gasteiger partial charge in [0.2, 0.25) is 5.91 Å². The number of para-hydroxylation sites is 1. The second-order valence-electron chi connectivity index (χ2n) is 10.1. The Morgan fingerprint density at radius 1 is 0.931 bits per heavy atom. The van der Waals surface area contributed by atoms with Crippen LogP contribution in [-0.2, 0) is 4.79 Å². The molecule has 1 heterocycles. The molecule has 0 radical (unpaired) electrons. The van der Waals surface area contributed by atoms with Gasteiger partial charge in [0.1, 0.15) is 0 Å². The van der Waals surface area contributed by atoms with Crippen LogP contribution in [0.5, 0.6) is 0 Å². The molecule has 1 amide bonds. The first kappa shape index (κ1) is 21.0. The molecule has 5 aliphatic rings. The van der Waals surface area contributed by atoms with Gasteiger partial charge < -0.3 is 10.2 Å². The quantitative estimate of drug-likeness (QED) is 0.761. The minimum Gasteiger partial charge on any atom is -0.369 e. The smallest absolute Gasteiger partial charge is 0.234 e. The number of hydrogen-bond acceptors (Lipinski definition) is 3. The summed E-state index contributed by atoms with van der Waals surface area (Å²) < 4.78 is 0. The van der Waals surface area contributed by atoms with Gasteiger partial charge in [-0.2, -0.15) is 0 Å². The molecule has 0 atom stereocenters. The summed E-state index contributed by atoms with van der Waals surface area (Å²) in [5.41, 5.74) is 1.87. The summed E-state index contributed by atoms with van der Waals surface area (Å²) in [6.07, 6.45) is 10.0. The maximum atomic E-state index is 12.5. The predicted octanol–water partition coefficient (Wildman–Crippen LogP) is 3.95. The summed E-state index contributed by atoms with van der Waals surface area (Å²) in [6.45, 7) is 5.39. The lowest BCUT2D eigenvalue weighted by Crippen LogP contribution is -2.50. The summed E-state index contributed by atoms with van der Waals surface area (Å²) >= 11 is 0. The van der Waals surface area contributed by atoms with Crippen molar-refractivity contribution in [1.29, 1.82) is 0 Å². The van der Waals surface area contributed by atoms with E-state index in [4.69, 9.17) is 0 Å². The first-order chi connectivity index (χ1) is 13.7. The van der Waals surface area contributed by atoms with E-state index in [-0.39, 0.29) is 18.3 Å². The van der Waals surface area contributed by atoms with Crippen molar-refractivity contribution in [1.82, 2.24) is 10.2 Å². The van der Waals surface area contributed by atoms with Crippen LogP contribution in [0.25, 0.3) is 0 Å². The van der Waals surface area contributed by atoms with Crippen molar-refractivity contribution in [3.63, 3.8) is 0 Å². The molecule has 0 unspecified atom stereocenters. The van der Waals surface area contributed by atoms with E-state index in [1.54, 1.807) is 0 Å². The number of amides is 1. The first-order valence-corrected chi connectivity index (χ1v) is 11.5. The molecule has 4 bridgehead atoms. The Labute approximate surface area is 181 Å². The number of halogens is 1. The highest BCUT2D eigenvalue weighted by Crippen LogP contribution is 2.61. The van der Waals surface area contributed by atoms with E-state index in [0.29, 0.717) is 12.0 Å². The van der Waals surface area contributed by atoms with Crippen molar-refractivity contribution in [3.05, 3.63) is 30.3 Å². The van der Waals surface area contributed by atoms with Gasteiger partial charge in [-0.05, 0) is 80.2 Å². The molecule has 1 aromatic carbocycles. The molecule has 160 valence electrons. The highest BCUT2D eigenvalue weighted by atomic mass is 35.5. The van der Waals surface area contributed by atoms with E-state index in [1.807, 2.05) is 0 Å². The lowest BCUT2D eigenvalue weighted by molar-refractivity contribution is -0.122. The number of nitrogens with zero attached hydrogens (tertiary/aromatic N) is 2. The summed E-state index contributed by atoms with van der Waals surface area (Å²) in [5.74, 6) is 3.23. The molecule has 1 aliphatic heterocycles. The van der Waals surface area contributed by atoms with E-state index >= 15 is 0 Å². The number of carbonyl (C=O) groups is 1. The van der Waals surface area contributed by atoms with E-state index in [9.17, 15) is 4.79 Å². The Morgan fingerprint density at radius 3 is 2.10 bits per heavy atom. The molecular weight excluding hydrogens is 382 g/mol. The maximum Gasteiger partial charge on any atom is 0.234 e. The molecule has 29 heavy (non-hydrogen) atoms. The third kappa shape index (κ3) is 4.74. The van der Waals surface area contributed by atoms with Crippen molar-refractivity contribution in [2.24, 2.45) is 23.2 Å². The third-order valence-electron chi connectivity index (χ3n) is 8.00. The van der Waals surface area contributed by atoms with Crippen LogP contribution in [0, 0.1) is 23.2 Å². The largest absolute Gasteiger partial charge is 0.369 e. The van der Waals surface area contributed by atoms with Gasteiger partial charge in [0.05, 0.1) is 6.54 Å². The van der Waals surface area contributed by atoms with Crippen molar-refractivity contribution in [3.8, 4) is 0 Å². The second kappa shape index (κ2) is 8.85. The molecule has 0 spiro atoms. The fraction of sp³-hybridized carbons (Fsp3) is 0.708. The lowest BCUT2D eigenvalue weighted by Gasteiger charge is -2.57. The van der Waals surface area contributed by atoms with Crippen LogP contribution in [0.15, 0.2) is 30.3 Å². The van der Waals surface area contributed by atoms with Crippen LogP contribution in [0.3, 0.4) is 0 Å². The molecule has 1 N–H and O–H groups in total. The molecule has 1 aromatic rings. The van der Waals surface area contributed by atoms with Crippen LogP contribution in [0.1, 0.15) is 44.9 Å². The molecule has 1 saturated heterocycles. The molecule has 4 saturated carbocycles. The Balaban J connectivity index is 0.00000205. The number of rotatable bonds is 6. The van der Waals surface area contributed by atoms with Crippen LogP contribution in [0.2, 0.25) is 0 Å². The molecule has 4 nitrogen and oxygen atoms in total. The number of anilines is 1. The Bertz CT molecular complexity index is 651. The fourth-order valence-electron chi connectivity index (χ4n) is 7.13. The van der Waals surface area contributed by atoms with Crippen molar-refractivity contribution in [2.45, 2.75) is 44.9 Å². The van der Waals surface area contributed by atoms with Gasteiger partial charge in [0.25, 0.3) is 0 Å². The zero-order valence-electron chi connectivity index (χ0n) is 17.5. The summed E-state index contributed by atoms with van der Waals surface area (Å²) in [6, 6.07) is 10.6. The van der Waals surface area contributed by atoms with Gasteiger partial charge in [-0.3, -0.25) is 9.69 Å². The van der Waals surface area contributed by atoms with Crippen molar-refractivity contribution >= 4 is 24.0 Å². The second-order valence-corrected chi connectivity index (χ2v) is 10.1. The number of carbonyl (C=O) groups excluding carboxylic acids is 1. The average molecular weight is 418 g/mol. The molecule has 0 aromatic heterocycles. The fourth-order valence-corrected chi connectivity index (χ4v) is 7.13. The van der Waals surface area contributed by atoms with Gasteiger partial charge in [0.15, 0.2) is 0 Å². The van der Waals surface area contributed by atoms with Crippen LogP contribution in [0.4, 0.5) is 5.69 Å². The highest BCUT2D eigenvalue weighted by Gasteiger charge is 2.50. The van der Waals surface area contributed by atoms with Crippen LogP contribution in [-0.4, -0.2) is 50.1 Å². The molecule has 5 heteroatoms. The Hall–Kier alpha value is -1.26. The highest BCUT2D eigenvalue weighted by molar-refractivity contribution is 5.85. The number of nitrogens with one attached hydrogen (secondary N) is 1. The molecular formula is C24H36ClN3O. The number of piperazine rings is 1. The molecule has 4 aliphatic carbocycles. The van der Waals surface area contributed by atoms with E-state index < -0.39 is 0 Å². The van der Waals surface area contributed by atoms with Gasteiger partial charge in [0, 0.05) is 38.4 Å². The minimum absolute atomic E-state index is 0. The normalized spacial score (nSPS) is 33.4. The SMILES string of the molecule is Cl.O=C(CN1CCN(c2ccccc2)CC1)NCCC12CC3CC(CC(C3)C1)C2. The van der Waals surface area contributed by atoms with Gasteiger partial charge >= 0.3 is 0 Å². The summed E-state index contributed by atoms with van der Waals surface area (Å²) in [4.78, 5) is 17.2. The number of hydrogen-bond donors (Lipinski definition) is 1. The average Bonchev–Trinajstić information content (AvgIpc) is 2.68. The van der Waals surface area contributed by atoms with Crippen LogP contribution < -0.4 is 10.2 Å². The van der Waals surface area contributed by atoms with Gasteiger partial charge in [-0.15, -0.1) is 12.4 Å². The maximum absolute atomic E-state index is 12.5.